The van der Waals surface area contributed by atoms with Gasteiger partial charge in [-0.05, 0) is 29.8 Å². The Bertz CT molecular complexity index is 1250. The first-order chi connectivity index (χ1) is 14.8. The van der Waals surface area contributed by atoms with Crippen molar-refractivity contribution >= 4 is 23.2 Å². The third-order valence-corrected chi connectivity index (χ3v) is 4.68. The smallest absolute Gasteiger partial charge is 0.222 e. The van der Waals surface area contributed by atoms with E-state index in [1.165, 1.54) is 5.56 Å². The number of hydrogen-bond acceptors (Lipinski definition) is 5. The van der Waals surface area contributed by atoms with E-state index in [9.17, 15) is 0 Å². The molecule has 0 unspecified atom stereocenters. The van der Waals surface area contributed by atoms with Gasteiger partial charge in [0.2, 0.25) is 5.95 Å². The van der Waals surface area contributed by atoms with Crippen LogP contribution in [-0.2, 0) is 6.54 Å². The molecular weight excluding hydrogens is 374 g/mol. The third kappa shape index (κ3) is 3.81. The Kier molecular flexibility index (Phi) is 4.75. The average Bonchev–Trinajstić information content (AvgIpc) is 3.39. The summed E-state index contributed by atoms with van der Waals surface area (Å²) in [5, 5.41) is 9.14. The summed E-state index contributed by atoms with van der Waals surface area (Å²) in [6, 6.07) is 22.0. The second kappa shape index (κ2) is 8.00. The van der Waals surface area contributed by atoms with Crippen molar-refractivity contribution in [3.8, 4) is 11.3 Å². The quantitative estimate of drug-likeness (QED) is 0.332. The SMILES string of the molecule is C(=N/Nc1nc2ccccc2[nH]1)/c1cn(Cc2ccccc2)nc1-c1cccnc1. The molecule has 0 aliphatic rings. The number of aromatic nitrogens is 5. The molecule has 0 atom stereocenters. The van der Waals surface area contributed by atoms with Gasteiger partial charge in [0.05, 0.1) is 23.8 Å². The van der Waals surface area contributed by atoms with Gasteiger partial charge in [-0.3, -0.25) is 9.67 Å². The molecule has 0 spiro atoms. The highest BCUT2D eigenvalue weighted by Gasteiger charge is 2.10. The summed E-state index contributed by atoms with van der Waals surface area (Å²) in [6.45, 7) is 0.680. The van der Waals surface area contributed by atoms with Crippen LogP contribution in [0.1, 0.15) is 11.1 Å². The van der Waals surface area contributed by atoms with Crippen molar-refractivity contribution in [3.05, 3.63) is 96.4 Å². The molecule has 0 amide bonds. The van der Waals surface area contributed by atoms with Crippen LogP contribution in [0.5, 0.6) is 0 Å². The van der Waals surface area contributed by atoms with Crippen LogP contribution in [0.15, 0.2) is 90.4 Å². The van der Waals surface area contributed by atoms with Gasteiger partial charge in [-0.15, -0.1) is 0 Å². The van der Waals surface area contributed by atoms with Gasteiger partial charge < -0.3 is 4.98 Å². The number of hydrazone groups is 1. The van der Waals surface area contributed by atoms with E-state index in [4.69, 9.17) is 5.10 Å². The molecule has 7 heteroatoms. The fourth-order valence-corrected chi connectivity index (χ4v) is 3.28. The van der Waals surface area contributed by atoms with E-state index in [0.717, 1.165) is 27.9 Å². The summed E-state index contributed by atoms with van der Waals surface area (Å²) in [6.07, 6.45) is 7.30. The van der Waals surface area contributed by atoms with E-state index in [2.05, 4.69) is 37.6 Å². The summed E-state index contributed by atoms with van der Waals surface area (Å²) in [5.41, 5.74) is 8.66. The first-order valence-electron chi connectivity index (χ1n) is 9.61. The summed E-state index contributed by atoms with van der Waals surface area (Å²) in [4.78, 5) is 11.9. The van der Waals surface area contributed by atoms with E-state index in [0.29, 0.717) is 12.5 Å². The number of imidazole rings is 1. The number of fused-ring (bicyclic) bond motifs is 1. The van der Waals surface area contributed by atoms with E-state index in [1.54, 1.807) is 18.6 Å². The van der Waals surface area contributed by atoms with Crippen LogP contribution in [0.4, 0.5) is 5.95 Å². The minimum absolute atomic E-state index is 0.590. The Hall–Kier alpha value is -4.26. The molecule has 2 N–H and O–H groups in total. The number of hydrogen-bond donors (Lipinski definition) is 2. The van der Waals surface area contributed by atoms with Crippen LogP contribution < -0.4 is 5.43 Å². The Labute approximate surface area is 173 Å². The van der Waals surface area contributed by atoms with Gasteiger partial charge >= 0.3 is 0 Å². The minimum Gasteiger partial charge on any atom is -0.323 e. The Morgan fingerprint density at radius 3 is 2.70 bits per heavy atom. The number of nitrogens with one attached hydrogen (secondary N) is 2. The van der Waals surface area contributed by atoms with Gasteiger partial charge in [0.25, 0.3) is 0 Å². The molecule has 5 aromatic rings. The lowest BCUT2D eigenvalue weighted by Crippen LogP contribution is -2.00. The summed E-state index contributed by atoms with van der Waals surface area (Å²) in [7, 11) is 0. The number of rotatable bonds is 6. The van der Waals surface area contributed by atoms with Crippen molar-refractivity contribution < 1.29 is 0 Å². The van der Waals surface area contributed by atoms with Crippen molar-refractivity contribution in [3.63, 3.8) is 0 Å². The fraction of sp³-hybridized carbons (Fsp3) is 0.0435. The van der Waals surface area contributed by atoms with Gasteiger partial charge in [0, 0.05) is 29.7 Å². The average molecular weight is 393 g/mol. The molecule has 30 heavy (non-hydrogen) atoms. The highest BCUT2D eigenvalue weighted by molar-refractivity contribution is 5.88. The Morgan fingerprint density at radius 1 is 1.00 bits per heavy atom. The van der Waals surface area contributed by atoms with Crippen molar-refractivity contribution in [2.24, 2.45) is 5.10 Å². The van der Waals surface area contributed by atoms with Gasteiger partial charge in [-0.25, -0.2) is 10.4 Å². The Balaban J connectivity index is 1.42. The number of anilines is 1. The van der Waals surface area contributed by atoms with Crippen LogP contribution in [0.3, 0.4) is 0 Å². The van der Waals surface area contributed by atoms with E-state index in [-0.39, 0.29) is 0 Å². The first kappa shape index (κ1) is 17.8. The van der Waals surface area contributed by atoms with E-state index >= 15 is 0 Å². The predicted octanol–water partition coefficient (Wildman–Crippen LogP) is 4.32. The number of nitrogens with zero attached hydrogens (tertiary/aromatic N) is 5. The molecule has 0 aliphatic carbocycles. The van der Waals surface area contributed by atoms with Crippen LogP contribution >= 0.6 is 0 Å². The van der Waals surface area contributed by atoms with Crippen LogP contribution in [-0.4, -0.2) is 30.9 Å². The summed E-state index contributed by atoms with van der Waals surface area (Å²) < 4.78 is 1.92. The molecule has 0 bridgehead atoms. The standard InChI is InChI=1S/C23H19N7/c1-2-7-17(8-3-1)15-30-16-19(22(29-30)18-9-6-12-24-13-18)14-25-28-23-26-20-10-4-5-11-21(20)27-23/h1-14,16H,15H2,(H2,26,27,28)/b25-14-. The highest BCUT2D eigenvalue weighted by atomic mass is 15.4. The molecule has 0 saturated heterocycles. The van der Waals surface area contributed by atoms with Crippen molar-refractivity contribution in [1.82, 2.24) is 24.7 Å². The molecule has 7 nitrogen and oxygen atoms in total. The van der Waals surface area contributed by atoms with Crippen LogP contribution in [0.25, 0.3) is 22.3 Å². The first-order valence-corrected chi connectivity index (χ1v) is 9.61. The Morgan fingerprint density at radius 2 is 1.87 bits per heavy atom. The van der Waals surface area contributed by atoms with E-state index in [1.807, 2.05) is 65.5 Å². The number of benzene rings is 2. The maximum Gasteiger partial charge on any atom is 0.222 e. The molecule has 0 aliphatic heterocycles. The number of para-hydroxylation sites is 2. The number of aromatic amines is 1. The molecular formula is C23H19N7. The maximum atomic E-state index is 4.77. The largest absolute Gasteiger partial charge is 0.323 e. The number of H-pyrrole nitrogens is 1. The normalized spacial score (nSPS) is 11.3. The van der Waals surface area contributed by atoms with Gasteiger partial charge in [-0.2, -0.15) is 10.2 Å². The molecule has 146 valence electrons. The fourth-order valence-electron chi connectivity index (χ4n) is 3.28. The molecule has 3 heterocycles. The minimum atomic E-state index is 0.590. The van der Waals surface area contributed by atoms with Crippen LogP contribution in [0, 0.1) is 0 Å². The highest BCUT2D eigenvalue weighted by Crippen LogP contribution is 2.20. The maximum absolute atomic E-state index is 4.77. The zero-order valence-electron chi connectivity index (χ0n) is 16.1. The summed E-state index contributed by atoms with van der Waals surface area (Å²) in [5.74, 6) is 0.590. The lowest BCUT2D eigenvalue weighted by atomic mass is 10.1. The molecule has 3 aromatic heterocycles. The second-order valence-corrected chi connectivity index (χ2v) is 6.83. The lowest BCUT2D eigenvalue weighted by Gasteiger charge is -2.01. The van der Waals surface area contributed by atoms with Crippen molar-refractivity contribution in [2.75, 3.05) is 5.43 Å². The second-order valence-electron chi connectivity index (χ2n) is 6.83. The predicted molar refractivity (Wildman–Crippen MR) is 118 cm³/mol. The molecule has 5 rings (SSSR count). The van der Waals surface area contributed by atoms with Crippen LogP contribution in [0.2, 0.25) is 0 Å². The molecule has 0 saturated carbocycles. The zero-order chi connectivity index (χ0) is 20.2. The monoisotopic (exact) mass is 393 g/mol. The van der Waals surface area contributed by atoms with Gasteiger partial charge in [0.15, 0.2) is 0 Å². The molecule has 0 radical (unpaired) electrons. The lowest BCUT2D eigenvalue weighted by molar-refractivity contribution is 0.689. The topological polar surface area (TPSA) is 83.8 Å². The summed E-state index contributed by atoms with van der Waals surface area (Å²) >= 11 is 0. The zero-order valence-corrected chi connectivity index (χ0v) is 16.1. The molecule has 0 fully saturated rings. The van der Waals surface area contributed by atoms with Crippen molar-refractivity contribution in [2.45, 2.75) is 6.54 Å². The van der Waals surface area contributed by atoms with Gasteiger partial charge in [-0.1, -0.05) is 42.5 Å². The van der Waals surface area contributed by atoms with Crippen molar-refractivity contribution in [1.29, 1.82) is 0 Å². The number of pyridine rings is 1. The van der Waals surface area contributed by atoms with E-state index < -0.39 is 0 Å². The van der Waals surface area contributed by atoms with Gasteiger partial charge in [0.1, 0.15) is 5.69 Å². The third-order valence-electron chi connectivity index (χ3n) is 4.68. The molecule has 2 aromatic carbocycles.